The van der Waals surface area contributed by atoms with Crippen molar-refractivity contribution >= 4 is 0 Å². The Morgan fingerprint density at radius 1 is 0.250 bits per heavy atom. The second-order valence-electron chi connectivity index (χ2n) is 7.48. The van der Waals surface area contributed by atoms with Crippen molar-refractivity contribution in [3.05, 3.63) is 36.5 Å². The lowest BCUT2D eigenvalue weighted by Gasteiger charge is -2.03. The van der Waals surface area contributed by atoms with E-state index < -0.39 is 0 Å². The van der Waals surface area contributed by atoms with Crippen LogP contribution in [0.3, 0.4) is 0 Å². The van der Waals surface area contributed by atoms with Gasteiger partial charge in [-0.25, -0.2) is 0 Å². The molecule has 0 saturated carbocycles. The quantitative estimate of drug-likeness (QED) is 0.416. The van der Waals surface area contributed by atoms with Crippen molar-refractivity contribution in [1.82, 2.24) is 0 Å². The number of hydrogen-bond donors (Lipinski definition) is 0. The molecule has 0 fully saturated rings. The monoisotopic (exact) mass is 330 g/mol. The molecule has 138 valence electrons. The Bertz CT molecular complexity index is 289. The molecule has 0 heteroatoms. The van der Waals surface area contributed by atoms with E-state index in [4.69, 9.17) is 0 Å². The second kappa shape index (κ2) is 18.6. The Hall–Kier alpha value is -0.780. The first-order valence-electron chi connectivity index (χ1n) is 11.0. The van der Waals surface area contributed by atoms with Gasteiger partial charge in [0, 0.05) is 0 Å². The van der Waals surface area contributed by atoms with Crippen molar-refractivity contribution in [1.29, 1.82) is 0 Å². The largest absolute Gasteiger partial charge is 0.0845 e. The van der Waals surface area contributed by atoms with Crippen molar-refractivity contribution < 1.29 is 0 Å². The van der Waals surface area contributed by atoms with Gasteiger partial charge < -0.3 is 0 Å². The summed E-state index contributed by atoms with van der Waals surface area (Å²) in [6.07, 6.45) is 39.0. The normalized spacial score (nSPS) is 26.0. The van der Waals surface area contributed by atoms with E-state index in [1.165, 1.54) is 116 Å². The topological polar surface area (TPSA) is 0 Å². The first-order chi connectivity index (χ1) is 12.0. The lowest BCUT2D eigenvalue weighted by molar-refractivity contribution is 0.528. The first-order valence-corrected chi connectivity index (χ1v) is 11.0. The van der Waals surface area contributed by atoms with Crippen LogP contribution in [0.4, 0.5) is 0 Å². The van der Waals surface area contributed by atoms with Crippen LogP contribution in [0.1, 0.15) is 116 Å². The van der Waals surface area contributed by atoms with Crippen molar-refractivity contribution in [2.24, 2.45) is 0 Å². The molecule has 0 aromatic rings. The molecular formula is C24H42. The maximum atomic E-state index is 2.32. The average molecular weight is 331 g/mol. The lowest BCUT2D eigenvalue weighted by atomic mass is 10.0. The molecule has 0 N–H and O–H groups in total. The minimum absolute atomic E-state index is 1.24. The third-order valence-electron chi connectivity index (χ3n) is 5.10. The van der Waals surface area contributed by atoms with Crippen molar-refractivity contribution in [2.75, 3.05) is 0 Å². The molecule has 0 radical (unpaired) electrons. The van der Waals surface area contributed by atoms with Crippen LogP contribution in [0.5, 0.6) is 0 Å². The standard InChI is InChI=1S/C24H42/c1-2-4-6-8-10-12-14-16-18-20-22-24-23-21-19-17-15-13-11-9-7-5-3-1/h1-6H,7-24H2/b2-1-,5-3-,6-4-. The number of hydrogen-bond acceptors (Lipinski definition) is 0. The van der Waals surface area contributed by atoms with Gasteiger partial charge in [0.25, 0.3) is 0 Å². The first kappa shape index (κ1) is 21.3. The van der Waals surface area contributed by atoms with Gasteiger partial charge in [0.05, 0.1) is 0 Å². The summed E-state index contributed by atoms with van der Waals surface area (Å²) in [5, 5.41) is 0. The van der Waals surface area contributed by atoms with E-state index >= 15 is 0 Å². The van der Waals surface area contributed by atoms with Gasteiger partial charge in [-0.2, -0.15) is 0 Å². The zero-order chi connectivity index (χ0) is 17.0. The van der Waals surface area contributed by atoms with Crippen LogP contribution in [0.25, 0.3) is 0 Å². The molecule has 0 spiro atoms. The summed E-state index contributed by atoms with van der Waals surface area (Å²) in [6, 6.07) is 0. The molecule has 0 bridgehead atoms. The summed E-state index contributed by atoms with van der Waals surface area (Å²) >= 11 is 0. The fraction of sp³-hybridized carbons (Fsp3) is 0.750. The van der Waals surface area contributed by atoms with E-state index in [1.807, 2.05) is 0 Å². The van der Waals surface area contributed by atoms with E-state index in [0.717, 1.165) is 0 Å². The summed E-state index contributed by atoms with van der Waals surface area (Å²) in [5.41, 5.74) is 0. The zero-order valence-corrected chi connectivity index (χ0v) is 16.2. The van der Waals surface area contributed by atoms with Gasteiger partial charge in [0.1, 0.15) is 0 Å². The Kier molecular flexibility index (Phi) is 16.4. The molecule has 0 saturated heterocycles. The SMILES string of the molecule is C1=C\C=C/CCCCCCCCCCCCCCCCCC\C=C/1. The van der Waals surface area contributed by atoms with Crippen LogP contribution in [-0.2, 0) is 0 Å². The molecule has 24 heavy (non-hydrogen) atoms. The highest BCUT2D eigenvalue weighted by molar-refractivity contribution is 5.10. The molecule has 1 aliphatic carbocycles. The smallest absolute Gasteiger partial charge is 0.0348 e. The summed E-state index contributed by atoms with van der Waals surface area (Å²) < 4.78 is 0. The van der Waals surface area contributed by atoms with Crippen LogP contribution in [0.2, 0.25) is 0 Å². The Labute approximate surface area is 152 Å². The van der Waals surface area contributed by atoms with Gasteiger partial charge >= 0.3 is 0 Å². The summed E-state index contributed by atoms with van der Waals surface area (Å²) in [4.78, 5) is 0. The maximum absolute atomic E-state index is 2.32. The Morgan fingerprint density at radius 2 is 0.500 bits per heavy atom. The predicted molar refractivity (Wildman–Crippen MR) is 111 cm³/mol. The van der Waals surface area contributed by atoms with Crippen LogP contribution >= 0.6 is 0 Å². The maximum Gasteiger partial charge on any atom is -0.0348 e. The van der Waals surface area contributed by atoms with Crippen molar-refractivity contribution in [3.63, 3.8) is 0 Å². The molecule has 0 nitrogen and oxygen atoms in total. The summed E-state index contributed by atoms with van der Waals surface area (Å²) in [5.74, 6) is 0. The fourth-order valence-corrected chi connectivity index (χ4v) is 3.48. The molecule has 1 aliphatic rings. The minimum Gasteiger partial charge on any atom is -0.0845 e. The van der Waals surface area contributed by atoms with Crippen molar-refractivity contribution in [3.8, 4) is 0 Å². The number of rotatable bonds is 0. The summed E-state index contributed by atoms with van der Waals surface area (Å²) in [6.45, 7) is 0. The lowest BCUT2D eigenvalue weighted by Crippen LogP contribution is -1.84. The highest BCUT2D eigenvalue weighted by atomic mass is 14.0. The van der Waals surface area contributed by atoms with Gasteiger partial charge in [0.2, 0.25) is 0 Å². The van der Waals surface area contributed by atoms with Gasteiger partial charge in [-0.15, -0.1) is 0 Å². The van der Waals surface area contributed by atoms with E-state index in [9.17, 15) is 0 Å². The van der Waals surface area contributed by atoms with E-state index in [-0.39, 0.29) is 0 Å². The molecule has 0 aromatic carbocycles. The van der Waals surface area contributed by atoms with Gasteiger partial charge in [-0.3, -0.25) is 0 Å². The van der Waals surface area contributed by atoms with E-state index in [1.54, 1.807) is 0 Å². The Morgan fingerprint density at radius 3 is 0.792 bits per heavy atom. The Balaban J connectivity index is 2.15. The van der Waals surface area contributed by atoms with Crippen LogP contribution in [0, 0.1) is 0 Å². The van der Waals surface area contributed by atoms with Crippen LogP contribution in [-0.4, -0.2) is 0 Å². The van der Waals surface area contributed by atoms with Gasteiger partial charge in [-0.05, 0) is 25.7 Å². The second-order valence-corrected chi connectivity index (χ2v) is 7.48. The molecule has 0 atom stereocenters. The summed E-state index contributed by atoms with van der Waals surface area (Å²) in [7, 11) is 0. The fourth-order valence-electron chi connectivity index (χ4n) is 3.48. The zero-order valence-electron chi connectivity index (χ0n) is 16.2. The molecule has 0 aromatic heterocycles. The molecule has 1 rings (SSSR count). The predicted octanol–water partition coefficient (Wildman–Crippen LogP) is 8.69. The van der Waals surface area contributed by atoms with Gasteiger partial charge in [0.15, 0.2) is 0 Å². The number of allylic oxidation sites excluding steroid dienone is 6. The average Bonchev–Trinajstić information content (AvgIpc) is 2.59. The third kappa shape index (κ3) is 16.1. The molecule has 0 amide bonds. The molecule has 0 aliphatic heterocycles. The molecule has 0 heterocycles. The van der Waals surface area contributed by atoms with Crippen molar-refractivity contribution in [2.45, 2.75) is 116 Å². The molecule has 0 unspecified atom stereocenters. The van der Waals surface area contributed by atoms with Crippen LogP contribution < -0.4 is 0 Å². The van der Waals surface area contributed by atoms with E-state index in [0.29, 0.717) is 0 Å². The highest BCUT2D eigenvalue weighted by Gasteiger charge is 1.94. The third-order valence-corrected chi connectivity index (χ3v) is 5.10. The van der Waals surface area contributed by atoms with Crippen LogP contribution in [0.15, 0.2) is 36.5 Å². The molecular weight excluding hydrogens is 288 g/mol. The highest BCUT2D eigenvalue weighted by Crippen LogP contribution is 2.14. The van der Waals surface area contributed by atoms with E-state index in [2.05, 4.69) is 36.5 Å². The minimum atomic E-state index is 1.24. The van der Waals surface area contributed by atoms with Gasteiger partial charge in [-0.1, -0.05) is 126 Å².